The lowest BCUT2D eigenvalue weighted by molar-refractivity contribution is -0.126. The first-order valence-electron chi connectivity index (χ1n) is 9.90. The van der Waals surface area contributed by atoms with E-state index in [-0.39, 0.29) is 17.6 Å². The fraction of sp³-hybridized carbons (Fsp3) is 0.318. The number of benzene rings is 2. The lowest BCUT2D eigenvalue weighted by Crippen LogP contribution is -2.40. The molecule has 2 heterocycles. The van der Waals surface area contributed by atoms with E-state index >= 15 is 0 Å². The van der Waals surface area contributed by atoms with Crippen LogP contribution in [0.3, 0.4) is 0 Å². The number of carbonyl (C=O) groups excluding carboxylic acids is 1. The maximum absolute atomic E-state index is 13.0. The van der Waals surface area contributed by atoms with Gasteiger partial charge in [-0.25, -0.2) is 4.39 Å². The molecule has 0 radical (unpaired) electrons. The molecule has 0 bridgehead atoms. The third kappa shape index (κ3) is 5.31. The van der Waals surface area contributed by atoms with Crippen molar-refractivity contribution in [3.05, 3.63) is 70.3 Å². The average molecular weight is 473 g/mol. The summed E-state index contributed by atoms with van der Waals surface area (Å²) in [6.07, 6.45) is 1.56. The van der Waals surface area contributed by atoms with Gasteiger partial charge in [0.15, 0.2) is 0 Å². The molecular weight excluding hydrogens is 451 g/mol. The van der Waals surface area contributed by atoms with Crippen molar-refractivity contribution >= 4 is 21.8 Å². The second-order valence-corrected chi connectivity index (χ2v) is 8.33. The summed E-state index contributed by atoms with van der Waals surface area (Å²) in [5, 5.41) is 7.03. The highest BCUT2D eigenvalue weighted by molar-refractivity contribution is 9.10. The monoisotopic (exact) mass is 472 g/mol. The van der Waals surface area contributed by atoms with Crippen LogP contribution in [0.2, 0.25) is 0 Å². The van der Waals surface area contributed by atoms with E-state index in [1.54, 1.807) is 12.1 Å². The molecule has 1 fully saturated rings. The molecule has 1 aliphatic rings. The van der Waals surface area contributed by atoms with Crippen LogP contribution in [0.1, 0.15) is 24.3 Å². The molecular formula is C22H22BrFN4O2. The van der Waals surface area contributed by atoms with E-state index in [4.69, 9.17) is 4.52 Å². The number of piperidine rings is 1. The summed E-state index contributed by atoms with van der Waals surface area (Å²) in [6, 6.07) is 13.9. The molecule has 0 saturated carbocycles. The summed E-state index contributed by atoms with van der Waals surface area (Å²) in [4.78, 5) is 19.2. The van der Waals surface area contributed by atoms with Crippen LogP contribution in [0.5, 0.6) is 0 Å². The Balaban J connectivity index is 1.24. The Morgan fingerprint density at radius 3 is 2.70 bits per heavy atom. The minimum absolute atomic E-state index is 0.0124. The number of nitrogens with one attached hydrogen (secondary N) is 1. The van der Waals surface area contributed by atoms with Crippen LogP contribution < -0.4 is 5.32 Å². The van der Waals surface area contributed by atoms with Crippen molar-refractivity contribution < 1.29 is 13.7 Å². The SMILES string of the molecule is O=C(NCc1ccc(F)cc1)C1CCN(Cc2nc(-c3cccc(Br)c3)no2)CC1. The lowest BCUT2D eigenvalue weighted by atomic mass is 9.96. The number of rotatable bonds is 6. The van der Waals surface area contributed by atoms with Crippen LogP contribution in [-0.4, -0.2) is 34.0 Å². The first-order valence-corrected chi connectivity index (χ1v) is 10.7. The van der Waals surface area contributed by atoms with Gasteiger partial charge in [0.2, 0.25) is 17.6 Å². The number of carbonyl (C=O) groups is 1. The minimum Gasteiger partial charge on any atom is -0.352 e. The van der Waals surface area contributed by atoms with Crippen molar-refractivity contribution in [2.75, 3.05) is 13.1 Å². The standard InChI is InChI=1S/C22H22BrFN4O2/c23-18-3-1-2-17(12-18)21-26-20(30-27-21)14-28-10-8-16(9-11-28)22(29)25-13-15-4-6-19(24)7-5-15/h1-7,12,16H,8-11,13-14H2,(H,25,29). The molecule has 1 saturated heterocycles. The first kappa shape index (κ1) is 20.7. The fourth-order valence-corrected chi connectivity index (χ4v) is 3.94. The fourth-order valence-electron chi connectivity index (χ4n) is 3.54. The number of nitrogens with zero attached hydrogens (tertiary/aromatic N) is 3. The van der Waals surface area contributed by atoms with Gasteiger partial charge in [0.05, 0.1) is 6.54 Å². The van der Waals surface area contributed by atoms with Crippen LogP contribution in [0.15, 0.2) is 57.5 Å². The highest BCUT2D eigenvalue weighted by Crippen LogP contribution is 2.22. The average Bonchev–Trinajstić information content (AvgIpc) is 3.22. The third-order valence-corrected chi connectivity index (χ3v) is 5.74. The Labute approximate surface area is 182 Å². The Morgan fingerprint density at radius 2 is 1.97 bits per heavy atom. The van der Waals surface area contributed by atoms with Gasteiger partial charge >= 0.3 is 0 Å². The van der Waals surface area contributed by atoms with E-state index in [0.717, 1.165) is 41.5 Å². The van der Waals surface area contributed by atoms with Gasteiger partial charge in [-0.15, -0.1) is 0 Å². The van der Waals surface area contributed by atoms with Gasteiger partial charge in [0.25, 0.3) is 0 Å². The summed E-state index contributed by atoms with van der Waals surface area (Å²) in [5.74, 6) is 0.906. The third-order valence-electron chi connectivity index (χ3n) is 5.25. The summed E-state index contributed by atoms with van der Waals surface area (Å²) in [6.45, 7) is 2.58. The quantitative estimate of drug-likeness (QED) is 0.582. The molecule has 4 rings (SSSR count). The predicted molar refractivity (Wildman–Crippen MR) is 114 cm³/mol. The number of hydrogen-bond acceptors (Lipinski definition) is 5. The Kier molecular flexibility index (Phi) is 6.54. The van der Waals surface area contributed by atoms with Crippen molar-refractivity contribution in [2.45, 2.75) is 25.9 Å². The van der Waals surface area contributed by atoms with Crippen molar-refractivity contribution in [1.29, 1.82) is 0 Å². The van der Waals surface area contributed by atoms with Gasteiger partial charge in [-0.3, -0.25) is 9.69 Å². The summed E-state index contributed by atoms with van der Waals surface area (Å²) >= 11 is 3.45. The highest BCUT2D eigenvalue weighted by atomic mass is 79.9. The van der Waals surface area contributed by atoms with Crippen molar-refractivity contribution in [3.8, 4) is 11.4 Å². The van der Waals surface area contributed by atoms with E-state index < -0.39 is 0 Å². The summed E-state index contributed by atoms with van der Waals surface area (Å²) in [5.41, 5.74) is 1.79. The van der Waals surface area contributed by atoms with Gasteiger partial charge < -0.3 is 9.84 Å². The van der Waals surface area contributed by atoms with Gasteiger partial charge in [-0.1, -0.05) is 45.4 Å². The topological polar surface area (TPSA) is 71.3 Å². The Morgan fingerprint density at radius 1 is 1.20 bits per heavy atom. The predicted octanol–water partition coefficient (Wildman–Crippen LogP) is 4.17. The Bertz CT molecular complexity index is 1000. The number of hydrogen-bond donors (Lipinski definition) is 1. The van der Waals surface area contributed by atoms with Gasteiger partial charge in [-0.2, -0.15) is 4.98 Å². The van der Waals surface area contributed by atoms with E-state index in [1.807, 2.05) is 24.3 Å². The van der Waals surface area contributed by atoms with E-state index in [2.05, 4.69) is 36.3 Å². The number of amides is 1. The number of likely N-dealkylation sites (tertiary alicyclic amines) is 1. The van der Waals surface area contributed by atoms with Crippen LogP contribution in [0.4, 0.5) is 4.39 Å². The zero-order valence-electron chi connectivity index (χ0n) is 16.4. The second kappa shape index (κ2) is 9.49. The molecule has 6 nitrogen and oxygen atoms in total. The molecule has 0 aliphatic carbocycles. The highest BCUT2D eigenvalue weighted by Gasteiger charge is 2.26. The second-order valence-electron chi connectivity index (χ2n) is 7.42. The largest absolute Gasteiger partial charge is 0.352 e. The Hall–Kier alpha value is -2.58. The molecule has 3 aromatic rings. The first-order chi connectivity index (χ1) is 14.6. The number of aromatic nitrogens is 2. The lowest BCUT2D eigenvalue weighted by Gasteiger charge is -2.30. The molecule has 0 spiro atoms. The molecule has 0 unspecified atom stereocenters. The van der Waals surface area contributed by atoms with Crippen LogP contribution >= 0.6 is 15.9 Å². The maximum Gasteiger partial charge on any atom is 0.241 e. The molecule has 30 heavy (non-hydrogen) atoms. The molecule has 8 heteroatoms. The smallest absolute Gasteiger partial charge is 0.241 e. The normalized spacial score (nSPS) is 15.3. The van der Waals surface area contributed by atoms with E-state index in [9.17, 15) is 9.18 Å². The van der Waals surface area contributed by atoms with Crippen LogP contribution in [0.25, 0.3) is 11.4 Å². The summed E-state index contributed by atoms with van der Waals surface area (Å²) < 4.78 is 19.3. The van der Waals surface area contributed by atoms with Crippen molar-refractivity contribution in [3.63, 3.8) is 0 Å². The van der Waals surface area contributed by atoms with Crippen molar-refractivity contribution in [2.24, 2.45) is 5.92 Å². The zero-order chi connectivity index (χ0) is 20.9. The summed E-state index contributed by atoms with van der Waals surface area (Å²) in [7, 11) is 0. The van der Waals surface area contributed by atoms with Gasteiger partial charge in [-0.05, 0) is 55.8 Å². The molecule has 1 aliphatic heterocycles. The molecule has 1 N–H and O–H groups in total. The van der Waals surface area contributed by atoms with Gasteiger partial charge in [0, 0.05) is 22.5 Å². The van der Waals surface area contributed by atoms with Crippen LogP contribution in [-0.2, 0) is 17.9 Å². The molecule has 1 aromatic heterocycles. The van der Waals surface area contributed by atoms with E-state index in [0.29, 0.717) is 24.8 Å². The van der Waals surface area contributed by atoms with Crippen molar-refractivity contribution in [1.82, 2.24) is 20.4 Å². The van der Waals surface area contributed by atoms with Gasteiger partial charge in [0.1, 0.15) is 5.82 Å². The van der Waals surface area contributed by atoms with E-state index in [1.165, 1.54) is 12.1 Å². The molecule has 1 amide bonds. The molecule has 0 atom stereocenters. The maximum atomic E-state index is 13.0. The minimum atomic E-state index is -0.276. The van der Waals surface area contributed by atoms with Crippen LogP contribution in [0, 0.1) is 11.7 Å². The number of halogens is 2. The molecule has 2 aromatic carbocycles. The molecule has 156 valence electrons. The zero-order valence-corrected chi connectivity index (χ0v) is 17.9.